The number of hydrogen-bond acceptors (Lipinski definition) is 6. The molecule has 1 aromatic heterocycles. The van der Waals surface area contributed by atoms with Gasteiger partial charge in [0.2, 0.25) is 0 Å². The van der Waals surface area contributed by atoms with Gasteiger partial charge in [-0.25, -0.2) is 4.98 Å². The van der Waals surface area contributed by atoms with Gasteiger partial charge in [-0.3, -0.25) is 14.4 Å². The molecule has 8 nitrogen and oxygen atoms in total. The second-order valence-electron chi connectivity index (χ2n) is 5.39. The van der Waals surface area contributed by atoms with Crippen molar-refractivity contribution in [3.8, 4) is 0 Å². The van der Waals surface area contributed by atoms with Crippen LogP contribution in [0.2, 0.25) is 0 Å². The number of para-hydroxylation sites is 1. The Morgan fingerprint density at radius 1 is 1.28 bits per heavy atom. The van der Waals surface area contributed by atoms with Crippen LogP contribution in [-0.4, -0.2) is 48.7 Å². The van der Waals surface area contributed by atoms with Crippen LogP contribution in [-0.2, 0) is 25.5 Å². The van der Waals surface area contributed by atoms with Crippen molar-refractivity contribution in [1.29, 1.82) is 0 Å². The zero-order valence-electron chi connectivity index (χ0n) is 14.0. The minimum Gasteiger partial charge on any atom is -0.456 e. The van der Waals surface area contributed by atoms with Gasteiger partial charge in [0.15, 0.2) is 6.61 Å². The third-order valence-corrected chi connectivity index (χ3v) is 3.45. The number of hydrogen-bond donors (Lipinski definition) is 2. The zero-order chi connectivity index (χ0) is 18.1. The van der Waals surface area contributed by atoms with E-state index in [1.165, 1.54) is 7.11 Å². The van der Waals surface area contributed by atoms with Crippen LogP contribution in [0.5, 0.6) is 0 Å². The maximum Gasteiger partial charge on any atom is 0.306 e. The average Bonchev–Trinajstić information content (AvgIpc) is 2.60. The molecule has 0 atom stereocenters. The molecule has 25 heavy (non-hydrogen) atoms. The van der Waals surface area contributed by atoms with Crippen LogP contribution in [0.25, 0.3) is 10.9 Å². The molecular weight excluding hydrogens is 326 g/mol. The lowest BCUT2D eigenvalue weighted by Crippen LogP contribution is -2.31. The van der Waals surface area contributed by atoms with Crippen molar-refractivity contribution in [2.24, 2.45) is 0 Å². The molecule has 134 valence electrons. The highest BCUT2D eigenvalue weighted by Crippen LogP contribution is 2.07. The lowest BCUT2D eigenvalue weighted by atomic mass is 10.2. The maximum absolute atomic E-state index is 11.9. The fourth-order valence-corrected chi connectivity index (χ4v) is 2.22. The Kier molecular flexibility index (Phi) is 7.09. The Morgan fingerprint density at radius 3 is 2.88 bits per heavy atom. The SMILES string of the molecule is COCCNC(=O)COC(=O)CCCc1nc2ccccc2c(=O)[nH]1. The van der Waals surface area contributed by atoms with Gasteiger partial charge < -0.3 is 19.8 Å². The summed E-state index contributed by atoms with van der Waals surface area (Å²) in [6.07, 6.45) is 1.04. The predicted octanol–water partition coefficient (Wildman–Crippen LogP) is 0.552. The van der Waals surface area contributed by atoms with E-state index >= 15 is 0 Å². The minimum atomic E-state index is -0.468. The fourth-order valence-electron chi connectivity index (χ4n) is 2.22. The largest absolute Gasteiger partial charge is 0.456 e. The van der Waals surface area contributed by atoms with E-state index < -0.39 is 5.97 Å². The third-order valence-electron chi connectivity index (χ3n) is 3.45. The summed E-state index contributed by atoms with van der Waals surface area (Å²) < 4.78 is 9.68. The number of methoxy groups -OCH3 is 1. The Bertz CT molecular complexity index is 787. The lowest BCUT2D eigenvalue weighted by molar-refractivity contribution is -0.148. The van der Waals surface area contributed by atoms with E-state index in [1.54, 1.807) is 18.2 Å². The summed E-state index contributed by atoms with van der Waals surface area (Å²) in [6, 6.07) is 7.07. The van der Waals surface area contributed by atoms with E-state index in [9.17, 15) is 14.4 Å². The van der Waals surface area contributed by atoms with Crippen molar-refractivity contribution >= 4 is 22.8 Å². The highest BCUT2D eigenvalue weighted by molar-refractivity contribution is 5.80. The molecule has 0 saturated carbocycles. The molecule has 0 saturated heterocycles. The van der Waals surface area contributed by atoms with Crippen molar-refractivity contribution in [1.82, 2.24) is 15.3 Å². The summed E-state index contributed by atoms with van der Waals surface area (Å²) >= 11 is 0. The monoisotopic (exact) mass is 347 g/mol. The number of aryl methyl sites for hydroxylation is 1. The molecule has 2 N–H and O–H groups in total. The number of rotatable bonds is 9. The predicted molar refractivity (Wildman–Crippen MR) is 91.1 cm³/mol. The molecule has 0 radical (unpaired) electrons. The molecule has 0 unspecified atom stereocenters. The first-order valence-corrected chi connectivity index (χ1v) is 7.99. The number of fused-ring (bicyclic) bond motifs is 1. The number of carbonyl (C=O) groups excluding carboxylic acids is 2. The third kappa shape index (κ3) is 6.00. The molecule has 0 aliphatic heterocycles. The van der Waals surface area contributed by atoms with Crippen LogP contribution < -0.4 is 10.9 Å². The molecular formula is C17H21N3O5. The standard InChI is InChI=1S/C17H21N3O5/c1-24-10-9-18-15(21)11-25-16(22)8-4-7-14-19-13-6-3-2-5-12(13)17(23)20-14/h2-3,5-6H,4,7-11H2,1H3,(H,18,21)(H,19,20,23). The van der Waals surface area contributed by atoms with E-state index in [0.717, 1.165) is 0 Å². The zero-order valence-corrected chi connectivity index (χ0v) is 14.0. The first kappa shape index (κ1) is 18.6. The summed E-state index contributed by atoms with van der Waals surface area (Å²) in [5, 5.41) is 3.09. The number of nitrogens with zero attached hydrogens (tertiary/aromatic N) is 1. The Labute approximate surface area is 144 Å². The number of esters is 1. The fraction of sp³-hybridized carbons (Fsp3) is 0.412. The Morgan fingerprint density at radius 2 is 2.08 bits per heavy atom. The van der Waals surface area contributed by atoms with Gasteiger partial charge in [-0.1, -0.05) is 12.1 Å². The molecule has 8 heteroatoms. The van der Waals surface area contributed by atoms with Crippen LogP contribution >= 0.6 is 0 Å². The van der Waals surface area contributed by atoms with Gasteiger partial charge in [-0.05, 0) is 18.6 Å². The van der Waals surface area contributed by atoms with Crippen molar-refractivity contribution in [3.05, 3.63) is 40.4 Å². The number of carbonyl (C=O) groups is 2. The highest BCUT2D eigenvalue weighted by Gasteiger charge is 2.08. The molecule has 2 rings (SSSR count). The minimum absolute atomic E-state index is 0.141. The first-order chi connectivity index (χ1) is 12.1. The number of benzene rings is 1. The lowest BCUT2D eigenvalue weighted by Gasteiger charge is -2.06. The molecule has 2 aromatic rings. The molecule has 0 aliphatic carbocycles. The number of H-pyrrole nitrogens is 1. The van der Waals surface area contributed by atoms with Gasteiger partial charge in [0.25, 0.3) is 11.5 Å². The summed E-state index contributed by atoms with van der Waals surface area (Å²) in [4.78, 5) is 42.0. The van der Waals surface area contributed by atoms with Gasteiger partial charge in [-0.2, -0.15) is 0 Å². The van der Waals surface area contributed by atoms with Crippen LogP contribution in [0, 0.1) is 0 Å². The average molecular weight is 347 g/mol. The summed E-state index contributed by atoms with van der Waals surface area (Å²) in [5.74, 6) is -0.315. The van der Waals surface area contributed by atoms with Gasteiger partial charge >= 0.3 is 5.97 Å². The van der Waals surface area contributed by atoms with E-state index in [4.69, 9.17) is 9.47 Å². The summed E-state index contributed by atoms with van der Waals surface area (Å²) in [7, 11) is 1.53. The Hall–Kier alpha value is -2.74. The molecule has 1 aromatic carbocycles. The van der Waals surface area contributed by atoms with Gasteiger partial charge in [-0.15, -0.1) is 0 Å². The molecule has 0 fully saturated rings. The molecule has 0 bridgehead atoms. The molecule has 0 aliphatic rings. The quantitative estimate of drug-likeness (QED) is 0.506. The van der Waals surface area contributed by atoms with E-state index in [2.05, 4.69) is 15.3 Å². The maximum atomic E-state index is 11.9. The van der Waals surface area contributed by atoms with Crippen molar-refractivity contribution in [2.75, 3.05) is 26.9 Å². The van der Waals surface area contributed by atoms with E-state index in [-0.39, 0.29) is 24.5 Å². The molecule has 0 spiro atoms. The first-order valence-electron chi connectivity index (χ1n) is 7.99. The normalized spacial score (nSPS) is 10.6. The van der Waals surface area contributed by atoms with Crippen molar-refractivity contribution in [2.45, 2.75) is 19.3 Å². The van der Waals surface area contributed by atoms with Gasteiger partial charge in [0.05, 0.1) is 17.5 Å². The number of aromatic amines is 1. The molecule has 1 heterocycles. The van der Waals surface area contributed by atoms with Crippen LogP contribution in [0.4, 0.5) is 0 Å². The Balaban J connectivity index is 1.74. The van der Waals surface area contributed by atoms with Crippen LogP contribution in [0.1, 0.15) is 18.7 Å². The number of ether oxygens (including phenoxy) is 2. The van der Waals surface area contributed by atoms with Crippen LogP contribution in [0.3, 0.4) is 0 Å². The second kappa shape index (κ2) is 9.53. The van der Waals surface area contributed by atoms with Gasteiger partial charge in [0.1, 0.15) is 5.82 Å². The van der Waals surface area contributed by atoms with E-state index in [0.29, 0.717) is 42.7 Å². The smallest absolute Gasteiger partial charge is 0.306 e. The van der Waals surface area contributed by atoms with Crippen molar-refractivity contribution < 1.29 is 19.1 Å². The van der Waals surface area contributed by atoms with Crippen LogP contribution in [0.15, 0.2) is 29.1 Å². The van der Waals surface area contributed by atoms with E-state index in [1.807, 2.05) is 6.07 Å². The molecule has 1 amide bonds. The topological polar surface area (TPSA) is 110 Å². The number of nitrogens with one attached hydrogen (secondary N) is 2. The van der Waals surface area contributed by atoms with Gasteiger partial charge in [0, 0.05) is 26.5 Å². The number of amides is 1. The highest BCUT2D eigenvalue weighted by atomic mass is 16.5. The second-order valence-corrected chi connectivity index (χ2v) is 5.39. The summed E-state index contributed by atoms with van der Waals surface area (Å²) in [5.41, 5.74) is 0.424. The van der Waals surface area contributed by atoms with Crippen molar-refractivity contribution in [3.63, 3.8) is 0 Å². The number of aromatic nitrogens is 2. The summed E-state index contributed by atoms with van der Waals surface area (Å²) in [6.45, 7) is 0.456.